The summed E-state index contributed by atoms with van der Waals surface area (Å²) in [6.07, 6.45) is 2.98. The van der Waals surface area contributed by atoms with Crippen molar-refractivity contribution in [3.63, 3.8) is 0 Å². The second-order valence-electron chi connectivity index (χ2n) is 3.20. The first-order valence-electron chi connectivity index (χ1n) is 4.10. The molecule has 1 aromatic rings. The van der Waals surface area contributed by atoms with Crippen molar-refractivity contribution in [1.82, 2.24) is 4.98 Å². The molecule has 0 amide bonds. The Kier molecular flexibility index (Phi) is 2.85. The monoisotopic (exact) mass is 185 g/mol. The van der Waals surface area contributed by atoms with Gasteiger partial charge in [0.1, 0.15) is 10.6 Å². The minimum atomic E-state index is -0.238. The number of aromatic nitrogens is 1. The molecule has 0 aliphatic carbocycles. The fourth-order valence-electron chi connectivity index (χ4n) is 0.837. The topological polar surface area (TPSA) is 22.1 Å². The molecule has 12 heavy (non-hydrogen) atoms. The Labute approximate surface area is 77.6 Å². The van der Waals surface area contributed by atoms with Gasteiger partial charge in [-0.1, -0.05) is 6.92 Å². The Balaban J connectivity index is 2.88. The van der Waals surface area contributed by atoms with Gasteiger partial charge in [-0.05, 0) is 20.3 Å². The van der Waals surface area contributed by atoms with Crippen LogP contribution in [0.25, 0.3) is 0 Å². The number of ether oxygens (including phenoxy) is 1. The number of aryl methyl sites for hydroxylation is 1. The SMILES string of the molecule is CCc1cnc(C(C)(C)OC)s1. The number of hydrogen-bond donors (Lipinski definition) is 0. The summed E-state index contributed by atoms with van der Waals surface area (Å²) in [6, 6.07) is 0. The predicted octanol–water partition coefficient (Wildman–Crippen LogP) is 2.59. The second kappa shape index (κ2) is 3.54. The Morgan fingerprint density at radius 1 is 1.58 bits per heavy atom. The van der Waals surface area contributed by atoms with Gasteiger partial charge in [-0.2, -0.15) is 0 Å². The van der Waals surface area contributed by atoms with Gasteiger partial charge in [0.2, 0.25) is 0 Å². The molecule has 1 rings (SSSR count). The molecule has 1 heterocycles. The lowest BCUT2D eigenvalue weighted by Gasteiger charge is -2.19. The van der Waals surface area contributed by atoms with Gasteiger partial charge in [-0.25, -0.2) is 4.98 Å². The van der Waals surface area contributed by atoms with Crippen molar-refractivity contribution in [2.75, 3.05) is 7.11 Å². The molecular weight excluding hydrogens is 170 g/mol. The first kappa shape index (κ1) is 9.68. The summed E-state index contributed by atoms with van der Waals surface area (Å²) in [5.74, 6) is 0. The van der Waals surface area contributed by atoms with Gasteiger partial charge in [0.25, 0.3) is 0 Å². The molecule has 0 radical (unpaired) electrons. The van der Waals surface area contributed by atoms with E-state index in [1.54, 1.807) is 18.4 Å². The first-order valence-corrected chi connectivity index (χ1v) is 4.92. The average Bonchev–Trinajstić information content (AvgIpc) is 2.52. The first-order chi connectivity index (χ1) is 5.60. The highest BCUT2D eigenvalue weighted by molar-refractivity contribution is 7.11. The molecule has 0 bridgehead atoms. The zero-order valence-electron chi connectivity index (χ0n) is 8.05. The molecule has 0 fully saturated rings. The third-order valence-corrected chi connectivity index (χ3v) is 3.37. The lowest BCUT2D eigenvalue weighted by Crippen LogP contribution is -2.18. The van der Waals surface area contributed by atoms with Gasteiger partial charge in [-0.15, -0.1) is 11.3 Å². The highest BCUT2D eigenvalue weighted by Crippen LogP contribution is 2.27. The van der Waals surface area contributed by atoms with E-state index in [0.717, 1.165) is 11.4 Å². The number of nitrogens with zero attached hydrogens (tertiary/aromatic N) is 1. The Hall–Kier alpha value is -0.410. The van der Waals surface area contributed by atoms with Crippen molar-refractivity contribution in [3.05, 3.63) is 16.1 Å². The van der Waals surface area contributed by atoms with E-state index in [2.05, 4.69) is 11.9 Å². The fourth-order valence-corrected chi connectivity index (χ4v) is 1.77. The fraction of sp³-hybridized carbons (Fsp3) is 0.667. The molecular formula is C9H15NOS. The van der Waals surface area contributed by atoms with Gasteiger partial charge in [-0.3, -0.25) is 0 Å². The quantitative estimate of drug-likeness (QED) is 0.722. The van der Waals surface area contributed by atoms with Crippen LogP contribution in [-0.2, 0) is 16.8 Å². The summed E-state index contributed by atoms with van der Waals surface area (Å²) in [6.45, 7) is 6.20. The van der Waals surface area contributed by atoms with E-state index in [9.17, 15) is 0 Å². The molecule has 0 aliphatic rings. The molecule has 0 aliphatic heterocycles. The maximum atomic E-state index is 5.33. The molecule has 68 valence electrons. The van der Waals surface area contributed by atoms with Crippen LogP contribution in [0.4, 0.5) is 0 Å². The van der Waals surface area contributed by atoms with E-state index in [0.29, 0.717) is 0 Å². The summed E-state index contributed by atoms with van der Waals surface area (Å²) in [5.41, 5.74) is -0.238. The van der Waals surface area contributed by atoms with Gasteiger partial charge in [0.05, 0.1) is 0 Å². The average molecular weight is 185 g/mol. The molecule has 0 spiro atoms. The van der Waals surface area contributed by atoms with Crippen molar-refractivity contribution in [1.29, 1.82) is 0 Å². The van der Waals surface area contributed by atoms with Crippen LogP contribution in [0.15, 0.2) is 6.20 Å². The molecule has 0 atom stereocenters. The van der Waals surface area contributed by atoms with E-state index < -0.39 is 0 Å². The number of methoxy groups -OCH3 is 1. The zero-order valence-corrected chi connectivity index (χ0v) is 8.86. The molecule has 2 nitrogen and oxygen atoms in total. The summed E-state index contributed by atoms with van der Waals surface area (Å²) < 4.78 is 5.33. The van der Waals surface area contributed by atoms with E-state index in [4.69, 9.17) is 4.74 Å². The standard InChI is InChI=1S/C9H15NOS/c1-5-7-6-10-8(12-7)9(2,3)11-4/h6H,5H2,1-4H3. The minimum absolute atomic E-state index is 0.238. The largest absolute Gasteiger partial charge is 0.372 e. The van der Waals surface area contributed by atoms with Crippen LogP contribution in [0, 0.1) is 0 Å². The van der Waals surface area contributed by atoms with E-state index in [1.165, 1.54) is 4.88 Å². The van der Waals surface area contributed by atoms with Crippen LogP contribution in [-0.4, -0.2) is 12.1 Å². The van der Waals surface area contributed by atoms with Crippen molar-refractivity contribution in [2.24, 2.45) is 0 Å². The van der Waals surface area contributed by atoms with Crippen LogP contribution < -0.4 is 0 Å². The summed E-state index contributed by atoms with van der Waals surface area (Å²) in [7, 11) is 1.72. The normalized spacial score (nSPS) is 12.0. The van der Waals surface area contributed by atoms with Crippen LogP contribution in [0.2, 0.25) is 0 Å². The van der Waals surface area contributed by atoms with Crippen LogP contribution >= 0.6 is 11.3 Å². The molecule has 1 aromatic heterocycles. The smallest absolute Gasteiger partial charge is 0.124 e. The number of thiazole rings is 1. The highest BCUT2D eigenvalue weighted by Gasteiger charge is 2.22. The third-order valence-electron chi connectivity index (χ3n) is 1.93. The lowest BCUT2D eigenvalue weighted by atomic mass is 10.1. The van der Waals surface area contributed by atoms with Crippen molar-refractivity contribution < 1.29 is 4.74 Å². The maximum absolute atomic E-state index is 5.33. The summed E-state index contributed by atoms with van der Waals surface area (Å²) >= 11 is 1.73. The van der Waals surface area contributed by atoms with Gasteiger partial charge >= 0.3 is 0 Å². The Morgan fingerprint density at radius 3 is 2.67 bits per heavy atom. The van der Waals surface area contributed by atoms with Crippen molar-refractivity contribution in [2.45, 2.75) is 32.8 Å². The van der Waals surface area contributed by atoms with E-state index in [-0.39, 0.29) is 5.60 Å². The number of rotatable bonds is 3. The van der Waals surface area contributed by atoms with E-state index in [1.807, 2.05) is 20.0 Å². The van der Waals surface area contributed by atoms with Crippen LogP contribution in [0.5, 0.6) is 0 Å². The maximum Gasteiger partial charge on any atom is 0.124 e. The van der Waals surface area contributed by atoms with Crippen molar-refractivity contribution in [3.8, 4) is 0 Å². The van der Waals surface area contributed by atoms with Gasteiger partial charge in [0.15, 0.2) is 0 Å². The Morgan fingerprint density at radius 2 is 2.25 bits per heavy atom. The van der Waals surface area contributed by atoms with Gasteiger partial charge < -0.3 is 4.74 Å². The molecule has 0 N–H and O–H groups in total. The summed E-state index contributed by atoms with van der Waals surface area (Å²) in [5, 5.41) is 1.06. The number of hydrogen-bond acceptors (Lipinski definition) is 3. The molecule has 0 aromatic carbocycles. The third kappa shape index (κ3) is 1.84. The molecule has 0 unspecified atom stereocenters. The molecule has 0 saturated heterocycles. The highest BCUT2D eigenvalue weighted by atomic mass is 32.1. The Bertz CT molecular complexity index is 255. The van der Waals surface area contributed by atoms with Crippen LogP contribution in [0.3, 0.4) is 0 Å². The van der Waals surface area contributed by atoms with Gasteiger partial charge in [0, 0.05) is 18.2 Å². The predicted molar refractivity (Wildman–Crippen MR) is 51.5 cm³/mol. The summed E-state index contributed by atoms with van der Waals surface area (Å²) in [4.78, 5) is 5.64. The van der Waals surface area contributed by atoms with E-state index >= 15 is 0 Å². The molecule has 0 saturated carbocycles. The second-order valence-corrected chi connectivity index (χ2v) is 4.31. The minimum Gasteiger partial charge on any atom is -0.372 e. The lowest BCUT2D eigenvalue weighted by molar-refractivity contribution is 0.0190. The molecule has 3 heteroatoms. The zero-order chi connectivity index (χ0) is 9.19. The van der Waals surface area contributed by atoms with Crippen LogP contribution in [0.1, 0.15) is 30.7 Å². The van der Waals surface area contributed by atoms with Crippen molar-refractivity contribution >= 4 is 11.3 Å².